The first-order chi connectivity index (χ1) is 23.5. The lowest BCUT2D eigenvalue weighted by Crippen LogP contribution is -2.42. The van der Waals surface area contributed by atoms with E-state index in [0.717, 1.165) is 51.4 Å². The van der Waals surface area contributed by atoms with Gasteiger partial charge in [0.05, 0.1) is 6.10 Å². The van der Waals surface area contributed by atoms with Crippen molar-refractivity contribution in [1.29, 1.82) is 0 Å². The topological polar surface area (TPSA) is 32.7 Å². The van der Waals surface area contributed by atoms with Crippen LogP contribution >= 0.6 is 0 Å². The third-order valence-electron chi connectivity index (χ3n) is 10.3. The standard InChI is InChI=1S/C45H83NO2/c1-5-7-9-11-13-15-17-19-21-23-25-27-29-31-33-35-40-45(47,48-44-39-37-38-43(42-44)46(3)4)41-36-34-32-30-28-26-24-22-20-18-16-14-12-10-8-6-2/h13-16,19-22,43-44,47H,5-12,17-18,23-42H2,1-4H3/b15-13-,16-14-,21-19-,22-20-. The molecule has 3 heteroatoms. The minimum atomic E-state index is -0.941. The lowest BCUT2D eigenvalue weighted by atomic mass is 9.91. The van der Waals surface area contributed by atoms with Gasteiger partial charge in [0.25, 0.3) is 0 Å². The number of nitrogens with zero attached hydrogens (tertiary/aromatic N) is 1. The molecule has 2 unspecified atom stereocenters. The van der Waals surface area contributed by atoms with Crippen molar-refractivity contribution in [2.75, 3.05) is 14.1 Å². The van der Waals surface area contributed by atoms with Crippen molar-refractivity contribution in [1.82, 2.24) is 4.90 Å². The van der Waals surface area contributed by atoms with Crippen LogP contribution in [0.2, 0.25) is 0 Å². The van der Waals surface area contributed by atoms with E-state index in [1.54, 1.807) is 0 Å². The first-order valence-electron chi connectivity index (χ1n) is 21.2. The summed E-state index contributed by atoms with van der Waals surface area (Å²) in [6.07, 6.45) is 55.2. The summed E-state index contributed by atoms with van der Waals surface area (Å²) in [6.45, 7) is 4.53. The fraction of sp³-hybridized carbons (Fsp3) is 0.822. The molecule has 0 aromatic rings. The van der Waals surface area contributed by atoms with Crippen molar-refractivity contribution < 1.29 is 9.84 Å². The highest BCUT2D eigenvalue weighted by atomic mass is 16.6. The molecule has 0 radical (unpaired) electrons. The van der Waals surface area contributed by atoms with Crippen LogP contribution in [-0.2, 0) is 4.74 Å². The van der Waals surface area contributed by atoms with E-state index in [2.05, 4.69) is 81.5 Å². The van der Waals surface area contributed by atoms with Crippen LogP contribution < -0.4 is 0 Å². The minimum Gasteiger partial charge on any atom is -0.365 e. The van der Waals surface area contributed by atoms with E-state index in [0.29, 0.717) is 6.04 Å². The predicted octanol–water partition coefficient (Wildman–Crippen LogP) is 14.0. The Kier molecular flexibility index (Phi) is 30.9. The second kappa shape index (κ2) is 33.0. The Labute approximate surface area is 301 Å². The van der Waals surface area contributed by atoms with Crippen LogP contribution in [0.4, 0.5) is 0 Å². The zero-order chi connectivity index (χ0) is 34.8. The zero-order valence-corrected chi connectivity index (χ0v) is 32.8. The van der Waals surface area contributed by atoms with Gasteiger partial charge in [-0.05, 0) is 117 Å². The molecular weight excluding hydrogens is 587 g/mol. The molecule has 0 amide bonds. The third-order valence-corrected chi connectivity index (χ3v) is 10.3. The van der Waals surface area contributed by atoms with E-state index < -0.39 is 5.79 Å². The average Bonchev–Trinajstić information content (AvgIpc) is 3.08. The van der Waals surface area contributed by atoms with Crippen LogP contribution in [0, 0.1) is 0 Å². The quantitative estimate of drug-likeness (QED) is 0.0429. The summed E-state index contributed by atoms with van der Waals surface area (Å²) in [7, 11) is 4.38. The normalized spacial score (nSPS) is 17.8. The largest absolute Gasteiger partial charge is 0.365 e. The van der Waals surface area contributed by atoms with Gasteiger partial charge in [-0.1, -0.05) is 140 Å². The van der Waals surface area contributed by atoms with Crippen LogP contribution in [0.1, 0.15) is 206 Å². The van der Waals surface area contributed by atoms with Crippen molar-refractivity contribution >= 4 is 0 Å². The number of aliphatic hydroxyl groups is 1. The molecule has 1 aliphatic carbocycles. The second-order valence-electron chi connectivity index (χ2n) is 15.1. The Hall–Kier alpha value is -1.16. The second-order valence-corrected chi connectivity index (χ2v) is 15.1. The van der Waals surface area contributed by atoms with Gasteiger partial charge in [0.15, 0.2) is 5.79 Å². The monoisotopic (exact) mass is 670 g/mol. The lowest BCUT2D eigenvalue weighted by molar-refractivity contribution is -0.245. The molecule has 1 rings (SSSR count). The molecular formula is C45H83NO2. The molecule has 0 aromatic heterocycles. The zero-order valence-electron chi connectivity index (χ0n) is 32.8. The van der Waals surface area contributed by atoms with Crippen molar-refractivity contribution in [3.8, 4) is 0 Å². The number of allylic oxidation sites excluding steroid dienone is 8. The molecule has 1 saturated carbocycles. The molecule has 0 bridgehead atoms. The highest BCUT2D eigenvalue weighted by Gasteiger charge is 2.33. The molecule has 48 heavy (non-hydrogen) atoms. The van der Waals surface area contributed by atoms with Crippen LogP contribution in [0.5, 0.6) is 0 Å². The van der Waals surface area contributed by atoms with Gasteiger partial charge in [-0.2, -0.15) is 0 Å². The fourth-order valence-electron chi connectivity index (χ4n) is 7.03. The number of unbranched alkanes of at least 4 members (excludes halogenated alkanes) is 18. The molecule has 0 aromatic carbocycles. The summed E-state index contributed by atoms with van der Waals surface area (Å²) in [4.78, 5) is 2.35. The molecule has 0 saturated heterocycles. The van der Waals surface area contributed by atoms with E-state index in [9.17, 15) is 5.11 Å². The van der Waals surface area contributed by atoms with Gasteiger partial charge >= 0.3 is 0 Å². The molecule has 0 heterocycles. The first kappa shape index (κ1) is 44.9. The number of hydrogen-bond donors (Lipinski definition) is 1. The van der Waals surface area contributed by atoms with Crippen LogP contribution in [0.25, 0.3) is 0 Å². The van der Waals surface area contributed by atoms with Crippen molar-refractivity contribution in [2.45, 2.75) is 224 Å². The third kappa shape index (κ3) is 27.6. The van der Waals surface area contributed by atoms with Crippen LogP contribution in [0.3, 0.4) is 0 Å². The molecule has 1 N–H and O–H groups in total. The SMILES string of the molecule is CCCCC/C=C\C/C=C\CCCCCCCCC(O)(CCCCCCCC/C=C\C/C=C\CCCCC)OC1CCCC(N(C)C)C1. The van der Waals surface area contributed by atoms with Gasteiger partial charge in [0, 0.05) is 18.9 Å². The summed E-state index contributed by atoms with van der Waals surface area (Å²) >= 11 is 0. The fourth-order valence-corrected chi connectivity index (χ4v) is 7.03. The maximum Gasteiger partial charge on any atom is 0.165 e. The highest BCUT2D eigenvalue weighted by Crippen LogP contribution is 2.32. The van der Waals surface area contributed by atoms with Crippen molar-refractivity contribution in [2.24, 2.45) is 0 Å². The molecule has 2 atom stereocenters. The summed E-state index contributed by atoms with van der Waals surface area (Å²) in [5, 5.41) is 11.8. The summed E-state index contributed by atoms with van der Waals surface area (Å²) < 4.78 is 6.61. The van der Waals surface area contributed by atoms with E-state index in [-0.39, 0.29) is 6.10 Å². The average molecular weight is 670 g/mol. The Morgan fingerprint density at radius 2 is 0.938 bits per heavy atom. The van der Waals surface area contributed by atoms with Crippen LogP contribution in [-0.4, -0.2) is 42.0 Å². The Bertz CT molecular complexity index is 749. The maximum absolute atomic E-state index is 11.8. The van der Waals surface area contributed by atoms with E-state index in [4.69, 9.17) is 4.74 Å². The van der Waals surface area contributed by atoms with Crippen molar-refractivity contribution in [3.05, 3.63) is 48.6 Å². The predicted molar refractivity (Wildman–Crippen MR) is 214 cm³/mol. The molecule has 0 aliphatic heterocycles. The van der Waals surface area contributed by atoms with Gasteiger partial charge < -0.3 is 14.7 Å². The molecule has 280 valence electrons. The van der Waals surface area contributed by atoms with Gasteiger partial charge in [-0.15, -0.1) is 0 Å². The Balaban J connectivity index is 2.25. The summed E-state index contributed by atoms with van der Waals surface area (Å²) in [6, 6.07) is 0.580. The van der Waals surface area contributed by atoms with Crippen LogP contribution in [0.15, 0.2) is 48.6 Å². The Morgan fingerprint density at radius 1 is 0.542 bits per heavy atom. The van der Waals surface area contributed by atoms with Gasteiger partial charge in [-0.25, -0.2) is 0 Å². The minimum absolute atomic E-state index is 0.199. The summed E-state index contributed by atoms with van der Waals surface area (Å²) in [5.41, 5.74) is 0. The Morgan fingerprint density at radius 3 is 1.35 bits per heavy atom. The maximum atomic E-state index is 11.8. The highest BCUT2D eigenvalue weighted by molar-refractivity contribution is 4.93. The lowest BCUT2D eigenvalue weighted by Gasteiger charge is -2.38. The first-order valence-corrected chi connectivity index (χ1v) is 21.2. The van der Waals surface area contributed by atoms with Gasteiger partial charge in [-0.3, -0.25) is 0 Å². The van der Waals surface area contributed by atoms with Gasteiger partial charge in [0.1, 0.15) is 0 Å². The van der Waals surface area contributed by atoms with E-state index >= 15 is 0 Å². The van der Waals surface area contributed by atoms with Gasteiger partial charge in [0.2, 0.25) is 0 Å². The van der Waals surface area contributed by atoms with E-state index in [1.807, 2.05) is 0 Å². The molecule has 1 fully saturated rings. The number of rotatable bonds is 33. The summed E-state index contributed by atoms with van der Waals surface area (Å²) in [5.74, 6) is -0.941. The smallest absolute Gasteiger partial charge is 0.165 e. The molecule has 0 spiro atoms. The van der Waals surface area contributed by atoms with Crippen molar-refractivity contribution in [3.63, 3.8) is 0 Å². The number of ether oxygens (including phenoxy) is 1. The van der Waals surface area contributed by atoms with E-state index in [1.165, 1.54) is 141 Å². The molecule has 3 nitrogen and oxygen atoms in total. The number of hydrogen-bond acceptors (Lipinski definition) is 3. The molecule has 1 aliphatic rings.